The first-order valence-corrected chi connectivity index (χ1v) is 10.8. The van der Waals surface area contributed by atoms with Crippen LogP contribution in [-0.4, -0.2) is 71.7 Å². The fourth-order valence-electron chi connectivity index (χ4n) is 3.18. The van der Waals surface area contributed by atoms with E-state index in [0.717, 1.165) is 18.4 Å². The lowest BCUT2D eigenvalue weighted by molar-refractivity contribution is -0.146. The molecule has 0 aliphatic carbocycles. The number of nitrogens with one attached hydrogen (secondary N) is 1. The number of methoxy groups -OCH3 is 1. The molecule has 0 unspecified atom stereocenters. The van der Waals surface area contributed by atoms with Crippen LogP contribution in [0.4, 0.5) is 4.79 Å². The second kappa shape index (κ2) is 12.6. The molecule has 10 nitrogen and oxygen atoms in total. The lowest BCUT2D eigenvalue weighted by Gasteiger charge is -2.23. The minimum Gasteiger partial charge on any atom is -0.494 e. The van der Waals surface area contributed by atoms with E-state index in [0.29, 0.717) is 23.4 Å². The van der Waals surface area contributed by atoms with E-state index >= 15 is 0 Å². The monoisotopic (exact) mass is 460 g/mol. The van der Waals surface area contributed by atoms with Gasteiger partial charge in [-0.25, -0.2) is 14.3 Å². The largest absolute Gasteiger partial charge is 0.494 e. The minimum absolute atomic E-state index is 0.152. The molecular weight excluding hydrogens is 428 g/mol. The zero-order chi connectivity index (χ0) is 24.4. The van der Waals surface area contributed by atoms with E-state index < -0.39 is 12.0 Å². The lowest BCUT2D eigenvalue weighted by atomic mass is 10.0. The molecule has 180 valence electrons. The van der Waals surface area contributed by atoms with Gasteiger partial charge < -0.3 is 24.8 Å². The van der Waals surface area contributed by atoms with Gasteiger partial charge in [0.15, 0.2) is 5.75 Å². The second-order valence-electron chi connectivity index (χ2n) is 7.59. The van der Waals surface area contributed by atoms with Crippen molar-refractivity contribution in [2.45, 2.75) is 32.2 Å². The maximum absolute atomic E-state index is 12.5. The van der Waals surface area contributed by atoms with E-state index in [-0.39, 0.29) is 31.2 Å². The molecule has 1 atom stereocenters. The molecule has 0 saturated carbocycles. The summed E-state index contributed by atoms with van der Waals surface area (Å²) in [6.45, 7) is 2.14. The lowest BCUT2D eigenvalue weighted by Crippen LogP contribution is -2.48. The van der Waals surface area contributed by atoms with Crippen LogP contribution in [0.2, 0.25) is 0 Å². The summed E-state index contributed by atoms with van der Waals surface area (Å²) in [5.74, 6) is -0.270. The van der Waals surface area contributed by atoms with Gasteiger partial charge in [-0.3, -0.25) is 4.79 Å². The molecule has 2 amide bonds. The average Bonchev–Trinajstić information content (AvgIpc) is 2.82. The number of aromatic nitrogens is 2. The number of hydrogen-bond donors (Lipinski definition) is 2. The van der Waals surface area contributed by atoms with Gasteiger partial charge in [-0.1, -0.05) is 37.6 Å². The van der Waals surface area contributed by atoms with Gasteiger partial charge in [0.25, 0.3) is 5.56 Å². The number of benzene rings is 1. The summed E-state index contributed by atoms with van der Waals surface area (Å²) in [5, 5.41) is 15.6. The highest BCUT2D eigenvalue weighted by atomic mass is 16.5. The number of urea groups is 1. The van der Waals surface area contributed by atoms with Crippen molar-refractivity contribution in [1.29, 1.82) is 0 Å². The van der Waals surface area contributed by atoms with Crippen molar-refractivity contribution in [1.82, 2.24) is 20.0 Å². The number of aliphatic hydroxyl groups excluding tert-OH is 1. The highest BCUT2D eigenvalue weighted by molar-refractivity contribution is 5.84. The molecule has 0 radical (unpaired) electrons. The molecule has 0 spiro atoms. The van der Waals surface area contributed by atoms with Crippen LogP contribution in [0.25, 0.3) is 11.1 Å². The summed E-state index contributed by atoms with van der Waals surface area (Å²) < 4.78 is 11.6. The predicted molar refractivity (Wildman–Crippen MR) is 123 cm³/mol. The molecule has 1 heterocycles. The number of esters is 1. The van der Waals surface area contributed by atoms with Crippen molar-refractivity contribution in [2.75, 3.05) is 33.9 Å². The summed E-state index contributed by atoms with van der Waals surface area (Å²) in [6.07, 6.45) is 3.45. The molecule has 2 N–H and O–H groups in total. The van der Waals surface area contributed by atoms with Crippen LogP contribution in [0.5, 0.6) is 5.75 Å². The first kappa shape index (κ1) is 25.9. The van der Waals surface area contributed by atoms with E-state index in [9.17, 15) is 14.4 Å². The summed E-state index contributed by atoms with van der Waals surface area (Å²) in [4.78, 5) is 39.1. The Morgan fingerprint density at radius 3 is 2.58 bits per heavy atom. The number of rotatable bonds is 11. The van der Waals surface area contributed by atoms with E-state index in [1.54, 1.807) is 38.4 Å². The Labute approximate surface area is 193 Å². The zero-order valence-corrected chi connectivity index (χ0v) is 19.5. The Bertz CT molecular complexity index is 989. The van der Waals surface area contributed by atoms with Crippen LogP contribution in [0.1, 0.15) is 25.3 Å². The van der Waals surface area contributed by atoms with Crippen molar-refractivity contribution in [3.63, 3.8) is 0 Å². The Morgan fingerprint density at radius 2 is 1.97 bits per heavy atom. The summed E-state index contributed by atoms with van der Waals surface area (Å²) >= 11 is 0. The molecule has 0 aliphatic rings. The molecular formula is C23H32N4O6. The Kier molecular flexibility index (Phi) is 9.86. The van der Waals surface area contributed by atoms with Gasteiger partial charge in [-0.05, 0) is 17.5 Å². The average molecular weight is 461 g/mol. The fraction of sp³-hybridized carbons (Fsp3) is 0.478. The molecule has 1 aromatic carbocycles. The molecule has 2 aromatic rings. The number of amides is 2. The van der Waals surface area contributed by atoms with Gasteiger partial charge in [-0.2, -0.15) is 5.10 Å². The van der Waals surface area contributed by atoms with Crippen LogP contribution in [0.3, 0.4) is 0 Å². The van der Waals surface area contributed by atoms with Crippen molar-refractivity contribution in [2.24, 2.45) is 7.05 Å². The highest BCUT2D eigenvalue weighted by Gasteiger charge is 2.24. The summed E-state index contributed by atoms with van der Waals surface area (Å²) in [6, 6.07) is 5.74. The number of carbonyl (C=O) groups is 2. The molecule has 33 heavy (non-hydrogen) atoms. The van der Waals surface area contributed by atoms with Gasteiger partial charge in [-0.15, -0.1) is 0 Å². The SMILES string of the molecule is CCCCN(C)C(=O)N[C@@H](Cc1ccc(-c2c(OC)cnn(C)c2=O)cc1)C(=O)OCCO. The van der Waals surface area contributed by atoms with Crippen molar-refractivity contribution >= 4 is 12.0 Å². The molecule has 0 bridgehead atoms. The maximum atomic E-state index is 12.5. The van der Waals surface area contributed by atoms with Gasteiger partial charge in [0.05, 0.1) is 25.5 Å². The molecule has 0 fully saturated rings. The number of unbranched alkanes of at least 4 members (excludes halogenated alkanes) is 1. The van der Waals surface area contributed by atoms with E-state index in [1.807, 2.05) is 6.92 Å². The van der Waals surface area contributed by atoms with Crippen molar-refractivity contribution in [3.8, 4) is 16.9 Å². The maximum Gasteiger partial charge on any atom is 0.329 e. The smallest absolute Gasteiger partial charge is 0.329 e. The number of aryl methyl sites for hydroxylation is 1. The number of aliphatic hydroxyl groups is 1. The second-order valence-corrected chi connectivity index (χ2v) is 7.59. The number of carbonyl (C=O) groups excluding carboxylic acids is 2. The molecule has 10 heteroatoms. The predicted octanol–water partition coefficient (Wildman–Crippen LogP) is 1.34. The molecule has 2 rings (SSSR count). The Balaban J connectivity index is 2.23. The third-order valence-corrected chi connectivity index (χ3v) is 5.12. The van der Waals surface area contributed by atoms with Gasteiger partial charge in [0, 0.05) is 27.1 Å². The van der Waals surface area contributed by atoms with Gasteiger partial charge >= 0.3 is 12.0 Å². The van der Waals surface area contributed by atoms with Crippen LogP contribution >= 0.6 is 0 Å². The van der Waals surface area contributed by atoms with E-state index in [2.05, 4.69) is 10.4 Å². The Hall–Kier alpha value is -3.40. The van der Waals surface area contributed by atoms with Gasteiger partial charge in [0.2, 0.25) is 0 Å². The van der Waals surface area contributed by atoms with E-state index in [1.165, 1.54) is 22.9 Å². The standard InChI is InChI=1S/C23H32N4O6/c1-5-6-11-26(2)23(31)25-18(22(30)33-13-12-28)14-16-7-9-17(10-8-16)20-19(32-4)15-24-27(3)21(20)29/h7-10,15,18,28H,5-6,11-14H2,1-4H3,(H,25,31)/t18-/m0/s1. The first-order valence-electron chi connectivity index (χ1n) is 10.8. The van der Waals surface area contributed by atoms with Crippen molar-refractivity contribution in [3.05, 3.63) is 46.4 Å². The molecule has 0 saturated heterocycles. The van der Waals surface area contributed by atoms with Crippen LogP contribution in [0, 0.1) is 0 Å². The molecule has 1 aromatic heterocycles. The van der Waals surface area contributed by atoms with E-state index in [4.69, 9.17) is 14.6 Å². The number of ether oxygens (including phenoxy) is 2. The third-order valence-electron chi connectivity index (χ3n) is 5.12. The Morgan fingerprint density at radius 1 is 1.27 bits per heavy atom. The quantitative estimate of drug-likeness (QED) is 0.485. The van der Waals surface area contributed by atoms with Crippen molar-refractivity contribution < 1.29 is 24.2 Å². The number of hydrogen-bond acceptors (Lipinski definition) is 7. The zero-order valence-electron chi connectivity index (χ0n) is 19.5. The van der Waals surface area contributed by atoms with Gasteiger partial charge in [0.1, 0.15) is 12.6 Å². The normalized spacial score (nSPS) is 11.5. The third kappa shape index (κ3) is 7.04. The van der Waals surface area contributed by atoms with Crippen LogP contribution < -0.4 is 15.6 Å². The van der Waals surface area contributed by atoms with Crippen LogP contribution in [-0.2, 0) is 23.0 Å². The van der Waals surface area contributed by atoms with Crippen LogP contribution in [0.15, 0.2) is 35.3 Å². The topological polar surface area (TPSA) is 123 Å². The fourth-order valence-corrected chi connectivity index (χ4v) is 3.18. The molecule has 0 aliphatic heterocycles. The summed E-state index contributed by atoms with van der Waals surface area (Å²) in [5.41, 5.74) is 1.48. The highest BCUT2D eigenvalue weighted by Crippen LogP contribution is 2.25. The summed E-state index contributed by atoms with van der Waals surface area (Å²) in [7, 11) is 4.69. The first-order chi connectivity index (χ1) is 15.8. The number of nitrogens with zero attached hydrogens (tertiary/aromatic N) is 3. The minimum atomic E-state index is -0.928.